The van der Waals surface area contributed by atoms with Gasteiger partial charge in [0.1, 0.15) is 6.33 Å². The molecule has 0 bridgehead atoms. The number of hydrogen-bond acceptors (Lipinski definition) is 8. The topological polar surface area (TPSA) is 114 Å². The monoisotopic (exact) mass is 505 g/mol. The van der Waals surface area contributed by atoms with Crippen molar-refractivity contribution in [3.8, 4) is 11.1 Å². The van der Waals surface area contributed by atoms with Gasteiger partial charge < -0.3 is 15.5 Å². The average molecular weight is 506 g/mol. The van der Waals surface area contributed by atoms with Gasteiger partial charge in [-0.2, -0.15) is 10.1 Å². The van der Waals surface area contributed by atoms with Gasteiger partial charge in [-0.15, -0.1) is 0 Å². The zero-order chi connectivity index (χ0) is 25.9. The van der Waals surface area contributed by atoms with E-state index in [2.05, 4.69) is 70.6 Å². The second kappa shape index (κ2) is 10.3. The van der Waals surface area contributed by atoms with Crippen molar-refractivity contribution < 1.29 is 4.79 Å². The number of aromatic nitrogens is 6. The van der Waals surface area contributed by atoms with E-state index in [1.807, 2.05) is 42.7 Å². The number of anilines is 4. The molecule has 190 valence electrons. The second-order valence-electron chi connectivity index (χ2n) is 9.30. The molecule has 38 heavy (non-hydrogen) atoms. The van der Waals surface area contributed by atoms with Gasteiger partial charge in [-0.25, -0.2) is 9.97 Å². The highest BCUT2D eigenvalue weighted by Crippen LogP contribution is 2.30. The lowest BCUT2D eigenvalue weighted by molar-refractivity contribution is -0.114. The lowest BCUT2D eigenvalue weighted by atomic mass is 10.0. The van der Waals surface area contributed by atoms with E-state index >= 15 is 0 Å². The smallest absolute Gasteiger partial charge is 0.231 e. The number of para-hydroxylation sites is 1. The van der Waals surface area contributed by atoms with Gasteiger partial charge in [-0.3, -0.25) is 14.5 Å². The average Bonchev–Trinajstić information content (AvgIpc) is 3.43. The van der Waals surface area contributed by atoms with Crippen molar-refractivity contribution in [1.29, 1.82) is 0 Å². The predicted molar refractivity (Wildman–Crippen MR) is 147 cm³/mol. The third kappa shape index (κ3) is 5.01. The molecule has 10 nitrogen and oxygen atoms in total. The number of amides is 1. The second-order valence-corrected chi connectivity index (χ2v) is 9.30. The zero-order valence-corrected chi connectivity index (χ0v) is 21.0. The Morgan fingerprint density at radius 3 is 2.66 bits per heavy atom. The Labute approximate surface area is 219 Å². The summed E-state index contributed by atoms with van der Waals surface area (Å²) in [5.74, 6) is 0.976. The molecule has 2 N–H and O–H groups in total. The van der Waals surface area contributed by atoms with Gasteiger partial charge in [0, 0.05) is 60.3 Å². The predicted octanol–water partition coefficient (Wildman–Crippen LogP) is 4.83. The molecule has 0 unspecified atom stereocenters. The first-order chi connectivity index (χ1) is 18.6. The maximum absolute atomic E-state index is 11.4. The lowest BCUT2D eigenvalue weighted by Gasteiger charge is -2.32. The summed E-state index contributed by atoms with van der Waals surface area (Å²) in [7, 11) is 0. The van der Waals surface area contributed by atoms with Crippen molar-refractivity contribution in [3.63, 3.8) is 0 Å². The molecule has 2 aromatic carbocycles. The number of hydrogen-bond donors (Lipinski definition) is 2. The van der Waals surface area contributed by atoms with Gasteiger partial charge in [0.05, 0.1) is 17.8 Å². The van der Waals surface area contributed by atoms with Gasteiger partial charge >= 0.3 is 0 Å². The van der Waals surface area contributed by atoms with Crippen LogP contribution in [0.2, 0.25) is 0 Å². The first-order valence-electron chi connectivity index (χ1n) is 12.6. The van der Waals surface area contributed by atoms with Gasteiger partial charge in [0.25, 0.3) is 0 Å². The standard InChI is InChI=1S/C28H27N9O/c1-19(38)33-22-7-3-8-23(15-22)34-27-30-18-31-28(35-27)36-13-10-24(11-14-36)37-17-21(16-32-37)25-9-2-5-20-6-4-12-29-26(20)25/h2-9,12,15-18,24H,10-11,13-14H2,1H3,(H,33,38)(H,30,31,34,35). The van der Waals surface area contributed by atoms with Crippen LogP contribution in [0.5, 0.6) is 0 Å². The molecule has 0 saturated carbocycles. The van der Waals surface area contributed by atoms with Crippen LogP contribution in [0.1, 0.15) is 25.8 Å². The number of piperidine rings is 1. The first-order valence-corrected chi connectivity index (χ1v) is 12.6. The first kappa shape index (κ1) is 23.5. The molecule has 5 aromatic rings. The molecule has 1 aliphatic rings. The Kier molecular flexibility index (Phi) is 6.35. The molecule has 1 aliphatic heterocycles. The molecule has 4 heterocycles. The maximum Gasteiger partial charge on any atom is 0.231 e. The van der Waals surface area contributed by atoms with Crippen molar-refractivity contribution in [3.05, 3.63) is 79.5 Å². The summed E-state index contributed by atoms with van der Waals surface area (Å²) < 4.78 is 2.08. The van der Waals surface area contributed by atoms with E-state index in [1.165, 1.54) is 13.3 Å². The van der Waals surface area contributed by atoms with Crippen molar-refractivity contribution in [2.75, 3.05) is 28.6 Å². The molecule has 1 fully saturated rings. The highest BCUT2D eigenvalue weighted by molar-refractivity contribution is 5.93. The van der Waals surface area contributed by atoms with E-state index in [1.54, 1.807) is 0 Å². The minimum Gasteiger partial charge on any atom is -0.341 e. The molecule has 1 amide bonds. The SMILES string of the molecule is CC(=O)Nc1cccc(Nc2ncnc(N3CCC(n4cc(-c5cccc6cccnc56)cn4)CC3)n2)c1. The summed E-state index contributed by atoms with van der Waals surface area (Å²) in [6.45, 7) is 3.11. The Hall–Kier alpha value is -4.86. The van der Waals surface area contributed by atoms with Crippen molar-refractivity contribution in [1.82, 2.24) is 29.7 Å². The summed E-state index contributed by atoms with van der Waals surface area (Å²) in [5, 5.41) is 11.8. The third-order valence-electron chi connectivity index (χ3n) is 6.66. The van der Waals surface area contributed by atoms with Crippen LogP contribution in [0.15, 0.2) is 79.5 Å². The zero-order valence-electron chi connectivity index (χ0n) is 21.0. The van der Waals surface area contributed by atoms with Crippen LogP contribution in [-0.2, 0) is 4.79 Å². The van der Waals surface area contributed by atoms with Crippen LogP contribution in [0.4, 0.5) is 23.3 Å². The summed E-state index contributed by atoms with van der Waals surface area (Å²) in [5.41, 5.74) is 4.65. The van der Waals surface area contributed by atoms with E-state index in [9.17, 15) is 4.79 Å². The number of carbonyl (C=O) groups is 1. The highest BCUT2D eigenvalue weighted by Gasteiger charge is 2.23. The molecule has 10 heteroatoms. The minimum absolute atomic E-state index is 0.120. The van der Waals surface area contributed by atoms with Gasteiger partial charge in [0.2, 0.25) is 17.8 Å². The molecular formula is C28H27N9O. The van der Waals surface area contributed by atoms with Crippen LogP contribution < -0.4 is 15.5 Å². The van der Waals surface area contributed by atoms with Gasteiger partial charge in [-0.1, -0.05) is 30.3 Å². The highest BCUT2D eigenvalue weighted by atomic mass is 16.1. The Morgan fingerprint density at radius 2 is 1.79 bits per heavy atom. The summed E-state index contributed by atoms with van der Waals surface area (Å²) in [6, 6.07) is 18.0. The Bertz CT molecular complexity index is 1590. The van der Waals surface area contributed by atoms with Crippen molar-refractivity contribution >= 4 is 40.1 Å². The fraction of sp³-hybridized carbons (Fsp3) is 0.214. The fourth-order valence-corrected chi connectivity index (χ4v) is 4.85. The minimum atomic E-state index is -0.120. The molecule has 0 aliphatic carbocycles. The number of carbonyl (C=O) groups excluding carboxylic acids is 1. The van der Waals surface area contributed by atoms with E-state index in [0.29, 0.717) is 23.6 Å². The number of benzene rings is 2. The Morgan fingerprint density at radius 1 is 0.974 bits per heavy atom. The molecule has 6 rings (SSSR count). The molecular weight excluding hydrogens is 478 g/mol. The van der Waals surface area contributed by atoms with E-state index in [-0.39, 0.29) is 5.91 Å². The molecule has 0 spiro atoms. The fourth-order valence-electron chi connectivity index (χ4n) is 4.85. The number of rotatable bonds is 6. The molecule has 1 saturated heterocycles. The van der Waals surface area contributed by atoms with Crippen molar-refractivity contribution in [2.24, 2.45) is 0 Å². The van der Waals surface area contributed by atoms with Crippen LogP contribution in [0.3, 0.4) is 0 Å². The third-order valence-corrected chi connectivity index (χ3v) is 6.66. The summed E-state index contributed by atoms with van der Waals surface area (Å²) in [4.78, 5) is 31.4. The summed E-state index contributed by atoms with van der Waals surface area (Å²) in [6.07, 6.45) is 9.28. The number of fused-ring (bicyclic) bond motifs is 1. The van der Waals surface area contributed by atoms with E-state index in [4.69, 9.17) is 5.10 Å². The lowest BCUT2D eigenvalue weighted by Crippen LogP contribution is -2.36. The van der Waals surface area contributed by atoms with E-state index < -0.39 is 0 Å². The normalized spacial score (nSPS) is 14.0. The van der Waals surface area contributed by atoms with Gasteiger partial charge in [-0.05, 0) is 37.1 Å². The van der Waals surface area contributed by atoms with E-state index in [0.717, 1.165) is 53.6 Å². The Balaban J connectivity index is 1.12. The van der Waals surface area contributed by atoms with Crippen LogP contribution in [0.25, 0.3) is 22.0 Å². The van der Waals surface area contributed by atoms with Crippen LogP contribution in [0, 0.1) is 0 Å². The number of nitrogens with one attached hydrogen (secondary N) is 2. The molecule has 0 radical (unpaired) electrons. The quantitative estimate of drug-likeness (QED) is 0.337. The largest absolute Gasteiger partial charge is 0.341 e. The van der Waals surface area contributed by atoms with Crippen LogP contribution >= 0.6 is 0 Å². The number of pyridine rings is 1. The molecule has 3 aromatic heterocycles. The maximum atomic E-state index is 11.4. The summed E-state index contributed by atoms with van der Waals surface area (Å²) >= 11 is 0. The number of nitrogens with zero attached hydrogens (tertiary/aromatic N) is 7. The van der Waals surface area contributed by atoms with Crippen molar-refractivity contribution in [2.45, 2.75) is 25.8 Å². The molecule has 0 atom stereocenters. The van der Waals surface area contributed by atoms with Crippen LogP contribution in [-0.4, -0.2) is 48.7 Å². The van der Waals surface area contributed by atoms with Gasteiger partial charge in [0.15, 0.2) is 0 Å².